The largest absolute Gasteiger partial charge is 0.348 e. The number of imidazole rings is 1. The van der Waals surface area contributed by atoms with Gasteiger partial charge in [-0.15, -0.1) is 0 Å². The van der Waals surface area contributed by atoms with Crippen molar-refractivity contribution in [3.05, 3.63) is 125 Å². The summed E-state index contributed by atoms with van der Waals surface area (Å²) in [6.07, 6.45) is 3.47. The Hall–Kier alpha value is -3.97. The highest BCUT2D eigenvalue weighted by atomic mass is 32.2. The fourth-order valence-corrected chi connectivity index (χ4v) is 4.87. The van der Waals surface area contributed by atoms with Crippen LogP contribution in [0.2, 0.25) is 0 Å². The molecule has 1 N–H and O–H groups in total. The molecule has 0 spiro atoms. The molecule has 7 heteroatoms. The summed E-state index contributed by atoms with van der Waals surface area (Å²) in [5.41, 5.74) is 6.23. The highest BCUT2D eigenvalue weighted by Crippen LogP contribution is 2.28. The first-order chi connectivity index (χ1) is 17.6. The molecule has 0 bridgehead atoms. The van der Waals surface area contributed by atoms with E-state index in [-0.39, 0.29) is 11.7 Å². The second kappa shape index (κ2) is 10.7. The monoisotopic (exact) mass is 496 g/mol. The minimum Gasteiger partial charge on any atom is -0.348 e. The minimum atomic E-state index is -0.240. The van der Waals surface area contributed by atoms with E-state index < -0.39 is 0 Å². The number of nitrogens with zero attached hydrogens (tertiary/aromatic N) is 3. The molecule has 1 amide bonds. The maximum atomic E-state index is 14.3. The summed E-state index contributed by atoms with van der Waals surface area (Å²) in [6, 6.07) is 24.3. The van der Waals surface area contributed by atoms with Gasteiger partial charge in [0.05, 0.1) is 23.8 Å². The molecule has 5 rings (SSSR count). The molecule has 3 aromatic carbocycles. The fourth-order valence-electron chi connectivity index (χ4n) is 3.90. The molecule has 0 aliphatic rings. The van der Waals surface area contributed by atoms with Crippen molar-refractivity contribution in [1.82, 2.24) is 19.9 Å². The summed E-state index contributed by atoms with van der Waals surface area (Å²) >= 11 is 1.57. The van der Waals surface area contributed by atoms with Gasteiger partial charge in [0, 0.05) is 29.6 Å². The predicted molar refractivity (Wildman–Crippen MR) is 141 cm³/mol. The fraction of sp³-hybridized carbons (Fsp3) is 0.138. The first kappa shape index (κ1) is 23.8. The molecule has 0 aliphatic carbocycles. The van der Waals surface area contributed by atoms with Gasteiger partial charge in [-0.3, -0.25) is 9.78 Å². The number of thioether (sulfide) groups is 1. The van der Waals surface area contributed by atoms with Gasteiger partial charge < -0.3 is 9.88 Å². The number of halogens is 1. The van der Waals surface area contributed by atoms with Crippen LogP contribution in [0.3, 0.4) is 0 Å². The Morgan fingerprint density at radius 2 is 1.72 bits per heavy atom. The lowest BCUT2D eigenvalue weighted by molar-refractivity contribution is 0.0951. The summed E-state index contributed by atoms with van der Waals surface area (Å²) < 4.78 is 16.3. The van der Waals surface area contributed by atoms with E-state index in [0.717, 1.165) is 27.3 Å². The molecule has 180 valence electrons. The molecule has 0 radical (unpaired) electrons. The second-order valence-electron chi connectivity index (χ2n) is 8.59. The number of pyridine rings is 1. The highest BCUT2D eigenvalue weighted by molar-refractivity contribution is 7.98. The Labute approximate surface area is 213 Å². The van der Waals surface area contributed by atoms with Crippen molar-refractivity contribution in [2.45, 2.75) is 30.9 Å². The number of amides is 1. The normalized spacial score (nSPS) is 11.1. The molecular weight excluding hydrogens is 471 g/mol. The molecule has 0 aliphatic heterocycles. The first-order valence-corrected chi connectivity index (χ1v) is 12.6. The van der Waals surface area contributed by atoms with Crippen molar-refractivity contribution >= 4 is 28.7 Å². The zero-order valence-electron chi connectivity index (χ0n) is 19.8. The van der Waals surface area contributed by atoms with Crippen LogP contribution in [-0.4, -0.2) is 20.4 Å². The third kappa shape index (κ3) is 5.47. The predicted octanol–water partition coefficient (Wildman–Crippen LogP) is 6.15. The lowest BCUT2D eigenvalue weighted by Gasteiger charge is -2.10. The number of hydrogen-bond donors (Lipinski definition) is 1. The summed E-state index contributed by atoms with van der Waals surface area (Å²) in [5.74, 6) is 0.323. The van der Waals surface area contributed by atoms with Crippen LogP contribution in [0, 0.1) is 12.7 Å². The van der Waals surface area contributed by atoms with E-state index in [2.05, 4.69) is 10.3 Å². The molecule has 2 heterocycles. The van der Waals surface area contributed by atoms with Crippen LogP contribution in [0.4, 0.5) is 4.39 Å². The third-order valence-corrected chi connectivity index (χ3v) is 7.01. The molecule has 36 heavy (non-hydrogen) atoms. The standard InChI is InChI=1S/C29H25FN4OS/c1-20-6-8-21(9-7-20)16-32-28(35)23-12-10-22(11-13-23)19-36-29-33-26-14-15-31-17-27(26)34(29)18-24-4-2-3-5-25(24)30/h2-15,17H,16,18-19H2,1H3,(H,32,35). The molecule has 0 fully saturated rings. The Kier molecular flexibility index (Phi) is 7.09. The summed E-state index contributed by atoms with van der Waals surface area (Å²) in [4.78, 5) is 21.5. The number of carbonyl (C=O) groups excluding carboxylic acids is 1. The zero-order valence-corrected chi connectivity index (χ0v) is 20.6. The van der Waals surface area contributed by atoms with Gasteiger partial charge in [-0.25, -0.2) is 9.37 Å². The van der Waals surface area contributed by atoms with Crippen molar-refractivity contribution in [3.8, 4) is 0 Å². The average Bonchev–Trinajstić information content (AvgIpc) is 3.26. The van der Waals surface area contributed by atoms with E-state index in [0.29, 0.717) is 30.0 Å². The number of fused-ring (bicyclic) bond motifs is 1. The Balaban J connectivity index is 1.26. The van der Waals surface area contributed by atoms with Gasteiger partial charge >= 0.3 is 0 Å². The van der Waals surface area contributed by atoms with Crippen molar-refractivity contribution < 1.29 is 9.18 Å². The van der Waals surface area contributed by atoms with Crippen LogP contribution in [0.15, 0.2) is 96.4 Å². The van der Waals surface area contributed by atoms with Gasteiger partial charge in [-0.1, -0.05) is 71.9 Å². The Bertz CT molecular complexity index is 1500. The Morgan fingerprint density at radius 3 is 2.50 bits per heavy atom. The van der Waals surface area contributed by atoms with Crippen molar-refractivity contribution in [1.29, 1.82) is 0 Å². The van der Waals surface area contributed by atoms with E-state index in [1.807, 2.05) is 72.2 Å². The van der Waals surface area contributed by atoms with Gasteiger partial charge in [0.25, 0.3) is 5.91 Å². The van der Waals surface area contributed by atoms with Crippen LogP contribution in [0.1, 0.15) is 32.6 Å². The van der Waals surface area contributed by atoms with Crippen LogP contribution in [0.25, 0.3) is 11.0 Å². The van der Waals surface area contributed by atoms with Crippen LogP contribution in [-0.2, 0) is 18.8 Å². The molecule has 0 unspecified atom stereocenters. The maximum absolute atomic E-state index is 14.3. The quantitative estimate of drug-likeness (QED) is 0.262. The number of carbonyl (C=O) groups is 1. The van der Waals surface area contributed by atoms with Gasteiger partial charge in [0.2, 0.25) is 0 Å². The SMILES string of the molecule is Cc1ccc(CNC(=O)c2ccc(CSc3nc4ccncc4n3Cc3ccccc3F)cc2)cc1. The Morgan fingerprint density at radius 1 is 0.972 bits per heavy atom. The minimum absolute atomic E-state index is 0.103. The third-order valence-electron chi connectivity index (χ3n) is 5.96. The maximum Gasteiger partial charge on any atom is 0.251 e. The van der Waals surface area contributed by atoms with E-state index in [4.69, 9.17) is 4.98 Å². The molecule has 5 nitrogen and oxygen atoms in total. The smallest absolute Gasteiger partial charge is 0.251 e. The van der Waals surface area contributed by atoms with Crippen LogP contribution >= 0.6 is 11.8 Å². The second-order valence-corrected chi connectivity index (χ2v) is 9.53. The molecule has 2 aromatic heterocycles. The molecular formula is C29H25FN4OS. The summed E-state index contributed by atoms with van der Waals surface area (Å²) in [5, 5.41) is 3.76. The highest BCUT2D eigenvalue weighted by Gasteiger charge is 2.14. The molecule has 0 saturated carbocycles. The summed E-state index contributed by atoms with van der Waals surface area (Å²) in [7, 11) is 0. The number of nitrogens with one attached hydrogen (secondary N) is 1. The lowest BCUT2D eigenvalue weighted by Crippen LogP contribution is -2.22. The van der Waals surface area contributed by atoms with Crippen molar-refractivity contribution in [2.24, 2.45) is 0 Å². The van der Waals surface area contributed by atoms with Crippen LogP contribution < -0.4 is 5.32 Å². The average molecular weight is 497 g/mol. The summed E-state index contributed by atoms with van der Waals surface area (Å²) in [6.45, 7) is 2.90. The van der Waals surface area contributed by atoms with Crippen molar-refractivity contribution in [2.75, 3.05) is 0 Å². The number of aryl methyl sites for hydroxylation is 1. The van der Waals surface area contributed by atoms with Gasteiger partial charge in [-0.2, -0.15) is 0 Å². The number of hydrogen-bond acceptors (Lipinski definition) is 4. The van der Waals surface area contributed by atoms with Crippen molar-refractivity contribution in [3.63, 3.8) is 0 Å². The van der Waals surface area contributed by atoms with E-state index in [9.17, 15) is 9.18 Å². The number of benzene rings is 3. The number of aromatic nitrogens is 3. The molecule has 0 saturated heterocycles. The van der Waals surface area contributed by atoms with Gasteiger partial charge in [0.15, 0.2) is 5.16 Å². The van der Waals surface area contributed by atoms with E-state index in [1.54, 1.807) is 36.3 Å². The first-order valence-electron chi connectivity index (χ1n) is 11.7. The van der Waals surface area contributed by atoms with Gasteiger partial charge in [0.1, 0.15) is 5.82 Å². The topological polar surface area (TPSA) is 59.8 Å². The number of rotatable bonds is 8. The van der Waals surface area contributed by atoms with Crippen LogP contribution in [0.5, 0.6) is 0 Å². The molecule has 5 aromatic rings. The van der Waals surface area contributed by atoms with E-state index in [1.165, 1.54) is 11.6 Å². The zero-order chi connectivity index (χ0) is 24.9. The van der Waals surface area contributed by atoms with Gasteiger partial charge in [-0.05, 0) is 42.3 Å². The lowest BCUT2D eigenvalue weighted by atomic mass is 10.1. The van der Waals surface area contributed by atoms with E-state index >= 15 is 0 Å². The molecule has 0 atom stereocenters.